The van der Waals surface area contributed by atoms with Gasteiger partial charge in [-0.1, -0.05) is 19.9 Å². The van der Waals surface area contributed by atoms with Gasteiger partial charge < -0.3 is 20.6 Å². The Morgan fingerprint density at radius 3 is 2.52 bits per heavy atom. The summed E-state index contributed by atoms with van der Waals surface area (Å²) in [5.74, 6) is -1.85. The van der Waals surface area contributed by atoms with E-state index in [2.05, 4.69) is 10.3 Å². The van der Waals surface area contributed by atoms with Crippen molar-refractivity contribution in [1.29, 1.82) is 0 Å². The second-order valence-electron chi connectivity index (χ2n) is 7.66. The van der Waals surface area contributed by atoms with Crippen LogP contribution in [-0.4, -0.2) is 68.9 Å². The monoisotopic (exact) mass is 379 g/mol. The van der Waals surface area contributed by atoms with Gasteiger partial charge in [0.2, 0.25) is 5.91 Å². The van der Waals surface area contributed by atoms with Crippen LogP contribution in [0.5, 0.6) is 0 Å². The third kappa shape index (κ3) is 4.28. The molecule has 3 atom stereocenters. The number of likely N-dealkylation sites (tertiary alicyclic amines) is 1. The number of aliphatic hydroxyl groups excluding tert-OH is 2. The molecule has 27 heavy (non-hydrogen) atoms. The Morgan fingerprint density at radius 2 is 2.04 bits per heavy atom. The summed E-state index contributed by atoms with van der Waals surface area (Å²) in [5, 5.41) is 31.2. The molecule has 0 aliphatic carbocycles. The average molecular weight is 379 g/mol. The van der Waals surface area contributed by atoms with Crippen LogP contribution in [0.3, 0.4) is 0 Å². The lowest BCUT2D eigenvalue weighted by Gasteiger charge is -2.36. The van der Waals surface area contributed by atoms with Gasteiger partial charge in [-0.15, -0.1) is 0 Å². The minimum Gasteiger partial charge on any atom is -0.480 e. The molecule has 0 spiro atoms. The first-order valence-corrected chi connectivity index (χ1v) is 9.15. The lowest BCUT2D eigenvalue weighted by molar-refractivity contribution is -0.151. The van der Waals surface area contributed by atoms with Crippen LogP contribution < -0.4 is 5.32 Å². The predicted molar refractivity (Wildman–Crippen MR) is 98.8 cm³/mol. The summed E-state index contributed by atoms with van der Waals surface area (Å²) >= 11 is 0. The van der Waals surface area contributed by atoms with Crippen molar-refractivity contribution in [3.8, 4) is 0 Å². The average Bonchev–Trinajstić information content (AvgIpc) is 2.93. The standard InChI is InChI=1S/C19H29N3O5/c1-12(2)7-19(18(26)27)8-15(17(25)21-14(10-23)11-24)16(22(19)3)13-5-4-6-20-9-13/h4-6,9,12,14-16,23-24H,7-8,10-11H2,1-3H3,(H,21,25)(H,26,27)/t15-,16-,19-/m0/s1. The van der Waals surface area contributed by atoms with E-state index < -0.39 is 42.7 Å². The van der Waals surface area contributed by atoms with Gasteiger partial charge in [0.1, 0.15) is 5.54 Å². The van der Waals surface area contributed by atoms with Gasteiger partial charge in [0, 0.05) is 18.4 Å². The fraction of sp³-hybridized carbons (Fsp3) is 0.632. The SMILES string of the molecule is CC(C)C[C@@]1(C(=O)O)C[C@H](C(=O)NC(CO)CO)[C@H](c2cccnc2)N1C. The molecule has 1 aromatic rings. The second-order valence-corrected chi connectivity index (χ2v) is 7.66. The molecule has 8 heteroatoms. The molecule has 8 nitrogen and oxygen atoms in total. The van der Waals surface area contributed by atoms with E-state index in [1.807, 2.05) is 19.9 Å². The van der Waals surface area contributed by atoms with Crippen molar-refractivity contribution < 1.29 is 24.9 Å². The summed E-state index contributed by atoms with van der Waals surface area (Å²) < 4.78 is 0. The van der Waals surface area contributed by atoms with Crippen molar-refractivity contribution in [2.45, 2.75) is 44.3 Å². The van der Waals surface area contributed by atoms with Crippen LogP contribution in [0.25, 0.3) is 0 Å². The van der Waals surface area contributed by atoms with E-state index in [9.17, 15) is 24.9 Å². The highest BCUT2D eigenvalue weighted by Crippen LogP contribution is 2.48. The molecule has 1 fully saturated rings. The largest absolute Gasteiger partial charge is 0.480 e. The molecule has 150 valence electrons. The predicted octanol–water partition coefficient (Wildman–Crippen LogP) is 0.413. The molecule has 0 radical (unpaired) electrons. The molecular weight excluding hydrogens is 350 g/mol. The maximum atomic E-state index is 12.9. The van der Waals surface area contributed by atoms with Gasteiger partial charge in [-0.2, -0.15) is 0 Å². The lowest BCUT2D eigenvalue weighted by Crippen LogP contribution is -2.50. The van der Waals surface area contributed by atoms with Crippen LogP contribution in [0.1, 0.15) is 38.3 Å². The molecule has 1 saturated heterocycles. The number of aliphatic carboxylic acids is 1. The van der Waals surface area contributed by atoms with Crippen LogP contribution in [0, 0.1) is 11.8 Å². The van der Waals surface area contributed by atoms with Crippen LogP contribution >= 0.6 is 0 Å². The Kier molecular flexibility index (Phi) is 6.91. The molecule has 1 amide bonds. The van der Waals surface area contributed by atoms with Gasteiger partial charge in [0.15, 0.2) is 0 Å². The Bertz CT molecular complexity index is 650. The van der Waals surface area contributed by atoms with Gasteiger partial charge >= 0.3 is 5.97 Å². The maximum absolute atomic E-state index is 12.9. The second kappa shape index (κ2) is 8.77. The fourth-order valence-electron chi connectivity index (χ4n) is 4.08. The van der Waals surface area contributed by atoms with E-state index in [-0.39, 0.29) is 18.2 Å². The Morgan fingerprint density at radius 1 is 1.37 bits per heavy atom. The third-order valence-electron chi connectivity index (χ3n) is 5.33. The first-order chi connectivity index (χ1) is 12.8. The van der Waals surface area contributed by atoms with Crippen molar-refractivity contribution in [1.82, 2.24) is 15.2 Å². The zero-order valence-electron chi connectivity index (χ0n) is 16.0. The Labute approximate surface area is 159 Å². The number of rotatable bonds is 8. The Hall–Kier alpha value is -2.03. The molecule has 1 aliphatic rings. The number of amides is 1. The number of carbonyl (C=O) groups excluding carboxylic acids is 1. The van der Waals surface area contributed by atoms with Crippen LogP contribution in [0.2, 0.25) is 0 Å². The number of carboxylic acids is 1. The molecule has 2 heterocycles. The van der Waals surface area contributed by atoms with Crippen LogP contribution in [0.15, 0.2) is 24.5 Å². The summed E-state index contributed by atoms with van der Waals surface area (Å²) in [6.45, 7) is 3.13. The number of pyridine rings is 1. The molecule has 1 aromatic heterocycles. The van der Waals surface area contributed by atoms with Gasteiger partial charge in [-0.3, -0.25) is 19.5 Å². The van der Waals surface area contributed by atoms with E-state index in [1.54, 1.807) is 30.4 Å². The summed E-state index contributed by atoms with van der Waals surface area (Å²) in [6.07, 6.45) is 3.82. The summed E-state index contributed by atoms with van der Waals surface area (Å²) in [5.41, 5.74) is -0.415. The Balaban J connectivity index is 2.45. The highest BCUT2D eigenvalue weighted by atomic mass is 16.4. The number of nitrogens with zero attached hydrogens (tertiary/aromatic N) is 2. The highest BCUT2D eigenvalue weighted by molar-refractivity contribution is 5.85. The molecule has 2 rings (SSSR count). The third-order valence-corrected chi connectivity index (χ3v) is 5.33. The van der Waals surface area contributed by atoms with Gasteiger partial charge in [-0.25, -0.2) is 0 Å². The molecular formula is C19H29N3O5. The van der Waals surface area contributed by atoms with Crippen molar-refractivity contribution in [3.63, 3.8) is 0 Å². The molecule has 0 saturated carbocycles. The van der Waals surface area contributed by atoms with Gasteiger partial charge in [0.05, 0.1) is 25.2 Å². The maximum Gasteiger partial charge on any atom is 0.324 e. The quantitative estimate of drug-likeness (QED) is 0.516. The zero-order valence-corrected chi connectivity index (χ0v) is 16.0. The number of aliphatic hydroxyl groups is 2. The van der Waals surface area contributed by atoms with Crippen molar-refractivity contribution in [2.24, 2.45) is 11.8 Å². The number of carbonyl (C=O) groups is 2. The number of aromatic nitrogens is 1. The molecule has 0 unspecified atom stereocenters. The van der Waals surface area contributed by atoms with Gasteiger partial charge in [0.25, 0.3) is 0 Å². The number of hydrogen-bond acceptors (Lipinski definition) is 6. The number of hydrogen-bond donors (Lipinski definition) is 4. The number of likely N-dealkylation sites (N-methyl/N-ethyl adjacent to an activating group) is 1. The van der Waals surface area contributed by atoms with E-state index in [0.717, 1.165) is 5.56 Å². The first-order valence-electron chi connectivity index (χ1n) is 9.15. The minimum atomic E-state index is -1.18. The summed E-state index contributed by atoms with van der Waals surface area (Å²) in [6, 6.07) is 2.34. The van der Waals surface area contributed by atoms with Crippen LogP contribution in [0.4, 0.5) is 0 Å². The zero-order chi connectivity index (χ0) is 20.2. The normalized spacial score (nSPS) is 25.9. The van der Waals surface area contributed by atoms with E-state index in [1.165, 1.54) is 0 Å². The van der Waals surface area contributed by atoms with Gasteiger partial charge in [-0.05, 0) is 37.4 Å². The van der Waals surface area contributed by atoms with Crippen LogP contribution in [-0.2, 0) is 9.59 Å². The van der Waals surface area contributed by atoms with Crippen molar-refractivity contribution >= 4 is 11.9 Å². The van der Waals surface area contributed by atoms with E-state index in [4.69, 9.17) is 0 Å². The smallest absolute Gasteiger partial charge is 0.324 e. The van der Waals surface area contributed by atoms with Crippen molar-refractivity contribution in [3.05, 3.63) is 30.1 Å². The summed E-state index contributed by atoms with van der Waals surface area (Å²) in [7, 11) is 1.73. The van der Waals surface area contributed by atoms with E-state index in [0.29, 0.717) is 6.42 Å². The molecule has 4 N–H and O–H groups in total. The van der Waals surface area contributed by atoms with Crippen molar-refractivity contribution in [2.75, 3.05) is 20.3 Å². The number of carboxylic acid groups (broad SMARTS) is 1. The molecule has 0 aromatic carbocycles. The molecule has 0 bridgehead atoms. The minimum absolute atomic E-state index is 0.127. The fourth-order valence-corrected chi connectivity index (χ4v) is 4.08. The topological polar surface area (TPSA) is 123 Å². The van der Waals surface area contributed by atoms with E-state index >= 15 is 0 Å². The summed E-state index contributed by atoms with van der Waals surface area (Å²) in [4.78, 5) is 31.1. The molecule has 1 aliphatic heterocycles. The number of nitrogens with one attached hydrogen (secondary N) is 1. The highest BCUT2D eigenvalue weighted by Gasteiger charge is 2.57. The lowest BCUT2D eigenvalue weighted by atomic mass is 9.83. The first kappa shape index (κ1) is 21.3.